The van der Waals surface area contributed by atoms with Gasteiger partial charge in [0.2, 0.25) is 0 Å². The molecule has 0 spiro atoms. The van der Waals surface area contributed by atoms with Crippen molar-refractivity contribution in [3.05, 3.63) is 18.2 Å². The first kappa shape index (κ1) is 12.1. The van der Waals surface area contributed by atoms with Gasteiger partial charge in [0, 0.05) is 12.4 Å². The number of aromatic amines is 1. The molecule has 17 heavy (non-hydrogen) atoms. The number of amides is 1. The lowest BCUT2D eigenvalue weighted by molar-refractivity contribution is -0.0693. The summed E-state index contributed by atoms with van der Waals surface area (Å²) in [6.45, 7) is 8.06. The molecule has 1 aliphatic heterocycles. The van der Waals surface area contributed by atoms with Crippen LogP contribution in [0.5, 0.6) is 0 Å². The molecule has 0 aromatic carbocycles. The predicted octanol–water partition coefficient (Wildman–Crippen LogP) is 1.49. The van der Waals surface area contributed by atoms with Crippen LogP contribution in [0, 0.1) is 0 Å². The zero-order chi connectivity index (χ0) is 12.7. The zero-order valence-corrected chi connectivity index (χ0v) is 10.7. The summed E-state index contributed by atoms with van der Waals surface area (Å²) in [5, 5.41) is 2.97. The van der Waals surface area contributed by atoms with Gasteiger partial charge >= 0.3 is 0 Å². The molecular weight excluding hydrogens is 218 g/mol. The van der Waals surface area contributed by atoms with Gasteiger partial charge in [-0.1, -0.05) is 0 Å². The van der Waals surface area contributed by atoms with Gasteiger partial charge in [-0.15, -0.1) is 0 Å². The molecule has 2 rings (SSSR count). The van der Waals surface area contributed by atoms with Gasteiger partial charge in [0.05, 0.1) is 17.2 Å². The van der Waals surface area contributed by atoms with E-state index in [2.05, 4.69) is 15.3 Å². The molecule has 94 valence electrons. The second kappa shape index (κ2) is 3.84. The van der Waals surface area contributed by atoms with E-state index in [-0.39, 0.29) is 23.2 Å². The SMILES string of the molecule is CC1(C)C[C@@H](NC(=O)c2ncc[nH]2)C(C)(C)O1. The van der Waals surface area contributed by atoms with Crippen LogP contribution in [0.25, 0.3) is 0 Å². The Morgan fingerprint density at radius 1 is 1.53 bits per heavy atom. The molecular formula is C12H19N3O2. The van der Waals surface area contributed by atoms with Gasteiger partial charge in [-0.3, -0.25) is 4.79 Å². The summed E-state index contributed by atoms with van der Waals surface area (Å²) < 4.78 is 5.92. The Kier molecular flexibility index (Phi) is 2.73. The highest BCUT2D eigenvalue weighted by Crippen LogP contribution is 2.37. The summed E-state index contributed by atoms with van der Waals surface area (Å²) in [7, 11) is 0. The van der Waals surface area contributed by atoms with E-state index in [0.29, 0.717) is 5.82 Å². The van der Waals surface area contributed by atoms with Crippen molar-refractivity contribution < 1.29 is 9.53 Å². The summed E-state index contributed by atoms with van der Waals surface area (Å²) in [5.41, 5.74) is -0.559. The molecule has 2 heterocycles. The maximum absolute atomic E-state index is 11.9. The summed E-state index contributed by atoms with van der Waals surface area (Å²) in [6, 6.07) is -0.00454. The molecule has 1 saturated heterocycles. The molecule has 1 aromatic heterocycles. The summed E-state index contributed by atoms with van der Waals surface area (Å²) >= 11 is 0. The predicted molar refractivity (Wildman–Crippen MR) is 63.7 cm³/mol. The van der Waals surface area contributed by atoms with Crippen LogP contribution >= 0.6 is 0 Å². The minimum absolute atomic E-state index is 0.00454. The van der Waals surface area contributed by atoms with Gasteiger partial charge in [0.15, 0.2) is 5.82 Å². The quantitative estimate of drug-likeness (QED) is 0.818. The molecule has 1 atom stereocenters. The van der Waals surface area contributed by atoms with Crippen LogP contribution in [0.3, 0.4) is 0 Å². The van der Waals surface area contributed by atoms with Gasteiger partial charge in [-0.2, -0.15) is 0 Å². The first-order valence-electron chi connectivity index (χ1n) is 5.81. The third-order valence-electron chi connectivity index (χ3n) is 3.09. The van der Waals surface area contributed by atoms with E-state index in [9.17, 15) is 4.79 Å². The van der Waals surface area contributed by atoms with Crippen LogP contribution in [0.1, 0.15) is 44.7 Å². The normalized spacial score (nSPS) is 25.8. The molecule has 5 heteroatoms. The van der Waals surface area contributed by atoms with E-state index >= 15 is 0 Å². The van der Waals surface area contributed by atoms with Crippen molar-refractivity contribution in [1.29, 1.82) is 0 Å². The van der Waals surface area contributed by atoms with E-state index in [0.717, 1.165) is 6.42 Å². The first-order valence-corrected chi connectivity index (χ1v) is 5.81. The molecule has 0 aliphatic carbocycles. The van der Waals surface area contributed by atoms with Gasteiger partial charge < -0.3 is 15.0 Å². The Morgan fingerprint density at radius 3 is 2.71 bits per heavy atom. The maximum Gasteiger partial charge on any atom is 0.287 e. The fraction of sp³-hybridized carbons (Fsp3) is 0.667. The maximum atomic E-state index is 11.9. The smallest absolute Gasteiger partial charge is 0.287 e. The second-order valence-corrected chi connectivity index (χ2v) is 5.63. The molecule has 0 bridgehead atoms. The lowest BCUT2D eigenvalue weighted by Crippen LogP contribution is -2.46. The Hall–Kier alpha value is -1.36. The second-order valence-electron chi connectivity index (χ2n) is 5.63. The third-order valence-corrected chi connectivity index (χ3v) is 3.09. The van der Waals surface area contributed by atoms with Crippen LogP contribution in [0.15, 0.2) is 12.4 Å². The summed E-state index contributed by atoms with van der Waals surface area (Å²) in [6.07, 6.45) is 4.00. The largest absolute Gasteiger partial charge is 0.367 e. The Labute approximate surface area is 101 Å². The molecule has 1 amide bonds. The minimum atomic E-state index is -0.355. The van der Waals surface area contributed by atoms with Crippen molar-refractivity contribution in [3.8, 4) is 0 Å². The molecule has 0 radical (unpaired) electrons. The molecule has 2 N–H and O–H groups in total. The van der Waals surface area contributed by atoms with Crippen molar-refractivity contribution in [3.63, 3.8) is 0 Å². The van der Waals surface area contributed by atoms with Crippen LogP contribution in [-0.4, -0.2) is 33.1 Å². The monoisotopic (exact) mass is 237 g/mol. The van der Waals surface area contributed by atoms with Crippen molar-refractivity contribution in [2.45, 2.75) is 51.4 Å². The van der Waals surface area contributed by atoms with Gasteiger partial charge in [-0.05, 0) is 34.1 Å². The van der Waals surface area contributed by atoms with E-state index in [1.807, 2.05) is 27.7 Å². The fourth-order valence-corrected chi connectivity index (χ4v) is 2.40. The Bertz CT molecular complexity index is 409. The van der Waals surface area contributed by atoms with Crippen molar-refractivity contribution in [2.75, 3.05) is 0 Å². The number of hydrogen-bond donors (Lipinski definition) is 2. The first-order chi connectivity index (χ1) is 7.80. The lowest BCUT2D eigenvalue weighted by atomic mass is 9.94. The van der Waals surface area contributed by atoms with Crippen molar-refractivity contribution in [1.82, 2.24) is 15.3 Å². The Balaban J connectivity index is 2.07. The number of H-pyrrole nitrogens is 1. The highest BCUT2D eigenvalue weighted by Gasteiger charge is 2.46. The zero-order valence-electron chi connectivity index (χ0n) is 10.7. The topological polar surface area (TPSA) is 67.0 Å². The van der Waals surface area contributed by atoms with E-state index in [4.69, 9.17) is 4.74 Å². The number of carbonyl (C=O) groups is 1. The number of imidazole rings is 1. The number of nitrogens with one attached hydrogen (secondary N) is 2. The average Bonchev–Trinajstić information content (AvgIpc) is 2.72. The molecule has 0 saturated carbocycles. The number of ether oxygens (including phenoxy) is 1. The van der Waals surface area contributed by atoms with E-state index in [1.54, 1.807) is 12.4 Å². The summed E-state index contributed by atoms with van der Waals surface area (Å²) in [4.78, 5) is 18.6. The number of nitrogens with zero attached hydrogens (tertiary/aromatic N) is 1. The number of aromatic nitrogens is 2. The third kappa shape index (κ3) is 2.49. The van der Waals surface area contributed by atoms with Crippen molar-refractivity contribution in [2.24, 2.45) is 0 Å². The highest BCUT2D eigenvalue weighted by atomic mass is 16.5. The van der Waals surface area contributed by atoms with Gasteiger partial charge in [-0.25, -0.2) is 4.98 Å². The molecule has 1 aliphatic rings. The van der Waals surface area contributed by atoms with Crippen LogP contribution in [0.4, 0.5) is 0 Å². The van der Waals surface area contributed by atoms with Gasteiger partial charge in [0.25, 0.3) is 5.91 Å². The van der Waals surface area contributed by atoms with Crippen LogP contribution in [-0.2, 0) is 4.74 Å². The summed E-state index contributed by atoms with van der Waals surface area (Å²) in [5.74, 6) is 0.153. The molecule has 1 aromatic rings. The molecule has 5 nitrogen and oxygen atoms in total. The van der Waals surface area contributed by atoms with Crippen molar-refractivity contribution >= 4 is 5.91 Å². The number of hydrogen-bond acceptors (Lipinski definition) is 3. The van der Waals surface area contributed by atoms with Crippen LogP contribution < -0.4 is 5.32 Å². The van der Waals surface area contributed by atoms with Gasteiger partial charge in [0.1, 0.15) is 0 Å². The minimum Gasteiger partial charge on any atom is -0.367 e. The van der Waals surface area contributed by atoms with E-state index in [1.165, 1.54) is 0 Å². The highest BCUT2D eigenvalue weighted by molar-refractivity contribution is 5.90. The number of carbonyl (C=O) groups excluding carboxylic acids is 1. The van der Waals surface area contributed by atoms with E-state index < -0.39 is 0 Å². The number of rotatable bonds is 2. The Morgan fingerprint density at radius 2 is 2.24 bits per heavy atom. The average molecular weight is 237 g/mol. The van der Waals surface area contributed by atoms with Crippen LogP contribution in [0.2, 0.25) is 0 Å². The fourth-order valence-electron chi connectivity index (χ4n) is 2.40. The standard InChI is InChI=1S/C12H19N3O2/c1-11(2)7-8(12(3,4)17-11)15-10(16)9-13-5-6-14-9/h5-6,8H,7H2,1-4H3,(H,13,14)(H,15,16)/t8-/m1/s1. The lowest BCUT2D eigenvalue weighted by Gasteiger charge is -2.27. The molecule has 1 fully saturated rings. The molecule has 0 unspecified atom stereocenters.